The second-order valence-electron chi connectivity index (χ2n) is 11.5. The molecule has 0 unspecified atom stereocenters. The number of hydrogen-bond donors (Lipinski definition) is 2. The highest BCUT2D eigenvalue weighted by molar-refractivity contribution is 5.85. The molecule has 0 aliphatic heterocycles. The minimum atomic E-state index is -0.0880. The molecule has 4 heterocycles. The minimum Gasteiger partial charge on any atom is -0.491 e. The zero-order valence-corrected chi connectivity index (χ0v) is 25.2. The topological polar surface area (TPSA) is 131 Å². The largest absolute Gasteiger partial charge is 0.491 e. The molecule has 11 heteroatoms. The maximum atomic E-state index is 13.8. The summed E-state index contributed by atoms with van der Waals surface area (Å²) in [5.74, 6) is 2.07. The van der Waals surface area contributed by atoms with E-state index in [0.717, 1.165) is 36.8 Å². The average Bonchev–Trinajstić information content (AvgIpc) is 3.86. The van der Waals surface area contributed by atoms with Crippen molar-refractivity contribution < 1.29 is 14.2 Å². The number of fused-ring (bicyclic) bond motifs is 1. The summed E-state index contributed by atoms with van der Waals surface area (Å²) in [6.07, 6.45) is 10.6. The summed E-state index contributed by atoms with van der Waals surface area (Å²) in [7, 11) is 3.40. The Morgan fingerprint density at radius 1 is 1.11 bits per heavy atom. The highest BCUT2D eigenvalue weighted by atomic mass is 16.5. The number of imidazole rings is 1. The van der Waals surface area contributed by atoms with E-state index in [1.165, 1.54) is 12.4 Å². The molecule has 2 aliphatic carbocycles. The van der Waals surface area contributed by atoms with E-state index in [-0.39, 0.29) is 17.7 Å². The fourth-order valence-electron chi connectivity index (χ4n) is 5.74. The molecule has 230 valence electrons. The van der Waals surface area contributed by atoms with E-state index in [9.17, 15) is 4.79 Å². The third-order valence-electron chi connectivity index (χ3n) is 8.46. The van der Waals surface area contributed by atoms with Crippen LogP contribution in [0.4, 0.5) is 11.6 Å². The first-order chi connectivity index (χ1) is 22.0. The van der Waals surface area contributed by atoms with E-state index < -0.39 is 0 Å². The molecule has 0 saturated heterocycles. The molecule has 0 bridgehead atoms. The van der Waals surface area contributed by atoms with Crippen LogP contribution in [0.2, 0.25) is 0 Å². The van der Waals surface area contributed by atoms with E-state index in [2.05, 4.69) is 27.4 Å². The number of nitrogens with two attached hydrogens (primary N) is 1. The lowest BCUT2D eigenvalue weighted by Gasteiger charge is -2.36. The van der Waals surface area contributed by atoms with Crippen molar-refractivity contribution in [2.24, 2.45) is 12.8 Å². The second-order valence-corrected chi connectivity index (χ2v) is 11.5. The number of methoxy groups -OCH3 is 1. The van der Waals surface area contributed by atoms with Crippen molar-refractivity contribution in [1.82, 2.24) is 24.1 Å². The predicted molar refractivity (Wildman–Crippen MR) is 171 cm³/mol. The Balaban J connectivity index is 1.14. The van der Waals surface area contributed by atoms with Crippen LogP contribution in [0.1, 0.15) is 54.5 Å². The van der Waals surface area contributed by atoms with Gasteiger partial charge in [0.05, 0.1) is 26.0 Å². The van der Waals surface area contributed by atoms with Gasteiger partial charge in [0.25, 0.3) is 5.56 Å². The van der Waals surface area contributed by atoms with Crippen molar-refractivity contribution in [2.75, 3.05) is 12.4 Å². The highest BCUT2D eigenvalue weighted by Gasteiger charge is 2.34. The Kier molecular flexibility index (Phi) is 7.68. The third kappa shape index (κ3) is 5.74. The van der Waals surface area contributed by atoms with Crippen LogP contribution >= 0.6 is 0 Å². The maximum absolute atomic E-state index is 13.8. The number of anilines is 2. The first-order valence-electron chi connectivity index (χ1n) is 15.1. The lowest BCUT2D eigenvalue weighted by Crippen LogP contribution is -2.38. The fraction of sp³-hybridized carbons (Fsp3) is 0.294. The molecule has 45 heavy (non-hydrogen) atoms. The van der Waals surface area contributed by atoms with Crippen molar-refractivity contribution in [3.05, 3.63) is 107 Å². The number of pyridine rings is 3. The van der Waals surface area contributed by atoms with Gasteiger partial charge in [0, 0.05) is 31.7 Å². The van der Waals surface area contributed by atoms with Crippen LogP contribution < -0.4 is 26.1 Å². The molecule has 3 N–H and O–H groups in total. The number of rotatable bonds is 11. The van der Waals surface area contributed by atoms with Crippen molar-refractivity contribution >= 4 is 28.6 Å². The SMILES string of the molecule is COc1c(OC(=CN)c2ccccn2)cnc2nc(Nc3cc(C4CC4)cn(C4CC(OCc5ccccc5)C4)c3=O)n(C)c12. The zero-order chi connectivity index (χ0) is 30.9. The van der Waals surface area contributed by atoms with Gasteiger partial charge in [-0.15, -0.1) is 0 Å². The van der Waals surface area contributed by atoms with Crippen molar-refractivity contribution in [2.45, 2.75) is 50.4 Å². The van der Waals surface area contributed by atoms with Crippen molar-refractivity contribution in [1.29, 1.82) is 0 Å². The van der Waals surface area contributed by atoms with Gasteiger partial charge in [-0.3, -0.25) is 9.78 Å². The van der Waals surface area contributed by atoms with Gasteiger partial charge in [0.1, 0.15) is 16.9 Å². The first-order valence-corrected chi connectivity index (χ1v) is 15.1. The van der Waals surface area contributed by atoms with Crippen LogP contribution in [0.5, 0.6) is 11.5 Å². The number of aryl methyl sites for hydroxylation is 1. The van der Waals surface area contributed by atoms with E-state index >= 15 is 0 Å². The molecule has 2 saturated carbocycles. The smallest absolute Gasteiger partial charge is 0.274 e. The molecular weight excluding hydrogens is 570 g/mol. The normalized spacial score (nSPS) is 18.0. The highest BCUT2D eigenvalue weighted by Crippen LogP contribution is 2.42. The van der Waals surface area contributed by atoms with Gasteiger partial charge in [-0.05, 0) is 60.9 Å². The fourth-order valence-corrected chi connectivity index (χ4v) is 5.74. The number of nitrogens with one attached hydrogen (secondary N) is 1. The molecule has 7 rings (SSSR count). The quantitative estimate of drug-likeness (QED) is 0.190. The molecule has 4 aromatic heterocycles. The summed E-state index contributed by atoms with van der Waals surface area (Å²) < 4.78 is 21.7. The van der Waals surface area contributed by atoms with E-state index in [0.29, 0.717) is 58.3 Å². The monoisotopic (exact) mass is 605 g/mol. The van der Waals surface area contributed by atoms with Gasteiger partial charge in [0.15, 0.2) is 22.9 Å². The Labute approximate surface area is 260 Å². The van der Waals surface area contributed by atoms with Gasteiger partial charge in [-0.25, -0.2) is 4.98 Å². The molecule has 0 amide bonds. The Morgan fingerprint density at radius 2 is 1.91 bits per heavy atom. The molecule has 1 aromatic carbocycles. The number of ether oxygens (including phenoxy) is 3. The van der Waals surface area contributed by atoms with E-state index in [1.54, 1.807) is 19.4 Å². The molecule has 0 radical (unpaired) electrons. The van der Waals surface area contributed by atoms with Crippen LogP contribution in [-0.4, -0.2) is 37.3 Å². The minimum absolute atomic E-state index is 0.0864. The molecule has 0 atom stereocenters. The van der Waals surface area contributed by atoms with Gasteiger partial charge in [0.2, 0.25) is 5.95 Å². The van der Waals surface area contributed by atoms with Crippen LogP contribution in [-0.2, 0) is 18.4 Å². The molecule has 2 aliphatic rings. The van der Waals surface area contributed by atoms with Gasteiger partial charge < -0.3 is 34.4 Å². The summed E-state index contributed by atoms with van der Waals surface area (Å²) in [6.45, 7) is 0.575. The van der Waals surface area contributed by atoms with Gasteiger partial charge in [-0.2, -0.15) is 4.98 Å². The standard InChI is InChI=1S/C34H35N7O4/c1-40-30-31(43-2)29(45-28(17-35)26-10-6-7-13-36-26)18-37-32(30)39-34(40)38-27-14-23(22-11-12-22)19-41(33(27)42)24-15-25(16-24)44-20-21-8-4-3-5-9-21/h3-10,13-14,17-19,22,24-25H,11-12,15-16,20,35H2,1-2H3,(H,37,38,39). The van der Waals surface area contributed by atoms with Crippen molar-refractivity contribution in [3.63, 3.8) is 0 Å². The van der Waals surface area contributed by atoms with Gasteiger partial charge >= 0.3 is 0 Å². The Hall–Kier alpha value is -5.16. The molecule has 11 nitrogen and oxygen atoms in total. The zero-order valence-electron chi connectivity index (χ0n) is 25.2. The number of aromatic nitrogens is 5. The Morgan fingerprint density at radius 3 is 2.62 bits per heavy atom. The number of hydrogen-bond acceptors (Lipinski definition) is 9. The Bertz CT molecular complexity index is 1910. The summed E-state index contributed by atoms with van der Waals surface area (Å²) >= 11 is 0. The van der Waals surface area contributed by atoms with Crippen LogP contribution in [0.3, 0.4) is 0 Å². The molecular formula is C34H35N7O4. The van der Waals surface area contributed by atoms with Crippen LogP contribution in [0.15, 0.2) is 84.2 Å². The number of nitrogens with zero attached hydrogens (tertiary/aromatic N) is 5. The lowest BCUT2D eigenvalue weighted by molar-refractivity contribution is -0.0364. The summed E-state index contributed by atoms with van der Waals surface area (Å²) in [5, 5.41) is 3.31. The van der Waals surface area contributed by atoms with Crippen LogP contribution in [0, 0.1) is 0 Å². The number of benzene rings is 1. The summed E-state index contributed by atoms with van der Waals surface area (Å²) in [6, 6.07) is 17.7. The second kappa shape index (κ2) is 12.1. The summed E-state index contributed by atoms with van der Waals surface area (Å²) in [5.41, 5.74) is 10.2. The third-order valence-corrected chi connectivity index (χ3v) is 8.46. The average molecular weight is 606 g/mol. The van der Waals surface area contributed by atoms with E-state index in [1.807, 2.05) is 58.8 Å². The summed E-state index contributed by atoms with van der Waals surface area (Å²) in [4.78, 5) is 27.4. The van der Waals surface area contributed by atoms with E-state index in [4.69, 9.17) is 24.9 Å². The van der Waals surface area contributed by atoms with Gasteiger partial charge in [-0.1, -0.05) is 36.4 Å². The lowest BCUT2D eigenvalue weighted by atomic mass is 9.88. The molecule has 5 aromatic rings. The maximum Gasteiger partial charge on any atom is 0.274 e. The predicted octanol–water partition coefficient (Wildman–Crippen LogP) is 5.41. The van der Waals surface area contributed by atoms with Crippen molar-refractivity contribution in [3.8, 4) is 11.5 Å². The first kappa shape index (κ1) is 28.6. The molecule has 0 spiro atoms. The van der Waals surface area contributed by atoms with Crippen LogP contribution in [0.25, 0.3) is 16.9 Å². The molecule has 2 fully saturated rings.